The van der Waals surface area contributed by atoms with Crippen molar-refractivity contribution >= 4 is 110 Å². The Morgan fingerprint density at radius 3 is 1.05 bits per heavy atom. The maximum absolute atomic E-state index is 9.44. The summed E-state index contributed by atoms with van der Waals surface area (Å²) in [6.07, 6.45) is 0. The predicted octanol–water partition coefficient (Wildman–Crippen LogP) is 20.5. The number of hydrogen-bond acceptors (Lipinski definition) is 2. The molecule has 4 aromatic heterocycles. The fraction of sp³-hybridized carbons (Fsp3) is 0.0833. The average molecular weight is 985 g/mol. The Hall–Kier alpha value is -9.38. The first-order valence-electron chi connectivity index (χ1n) is 31.0. The molecule has 0 aliphatic heterocycles. The highest BCUT2D eigenvalue weighted by atomic mass is 15.2. The maximum Gasteiger partial charge on any atom is 0.0645 e. The lowest BCUT2D eigenvalue weighted by Gasteiger charge is -2.27. The highest BCUT2D eigenvalue weighted by molar-refractivity contribution is 6.39. The van der Waals surface area contributed by atoms with Gasteiger partial charge in [-0.3, -0.25) is 0 Å². The number of para-hydroxylation sites is 4. The van der Waals surface area contributed by atoms with Crippen LogP contribution in [0.15, 0.2) is 242 Å². The van der Waals surface area contributed by atoms with Crippen molar-refractivity contribution in [2.24, 2.45) is 0 Å². The zero-order valence-electron chi connectivity index (χ0n) is 52.3. The van der Waals surface area contributed by atoms with E-state index in [1.165, 1.54) is 0 Å². The molecule has 15 rings (SSSR count). The van der Waals surface area contributed by atoms with Gasteiger partial charge in [0, 0.05) is 77.0 Å². The van der Waals surface area contributed by atoms with Crippen LogP contribution in [0.25, 0.3) is 98.4 Å². The van der Waals surface area contributed by atoms with Crippen molar-refractivity contribution < 1.29 is 13.7 Å². The van der Waals surface area contributed by atoms with E-state index in [0.717, 1.165) is 110 Å². The van der Waals surface area contributed by atoms with Crippen LogP contribution < -0.4 is 9.80 Å². The molecule has 11 aromatic carbocycles. The van der Waals surface area contributed by atoms with Gasteiger partial charge < -0.3 is 18.6 Å². The van der Waals surface area contributed by atoms with Crippen LogP contribution in [0.5, 0.6) is 0 Å². The molecule has 0 radical (unpaired) electrons. The molecular formula is C72H54N4. The second-order valence-electron chi connectivity index (χ2n) is 20.5. The van der Waals surface area contributed by atoms with Crippen molar-refractivity contribution in [2.75, 3.05) is 9.80 Å². The molecular weight excluding hydrogens is 921 g/mol. The molecule has 4 heteroatoms. The second-order valence-corrected chi connectivity index (χ2v) is 20.5. The van der Waals surface area contributed by atoms with Crippen LogP contribution in [-0.2, 0) is 0 Å². The Labute approximate surface area is 456 Å². The molecule has 0 saturated carbocycles. The number of nitrogens with zero attached hydrogens (tertiary/aromatic N) is 4. The van der Waals surface area contributed by atoms with Gasteiger partial charge in [-0.25, -0.2) is 0 Å². The minimum absolute atomic E-state index is 0.0512. The minimum atomic E-state index is -0.460. The summed E-state index contributed by atoms with van der Waals surface area (Å²) in [7, 11) is 0. The first-order chi connectivity index (χ1) is 41.6. The van der Waals surface area contributed by atoms with Crippen molar-refractivity contribution in [1.82, 2.24) is 8.80 Å². The van der Waals surface area contributed by atoms with Crippen LogP contribution >= 0.6 is 0 Å². The molecule has 0 amide bonds. The van der Waals surface area contributed by atoms with Gasteiger partial charge in [0.2, 0.25) is 0 Å². The number of hydrogen-bond donors (Lipinski definition) is 0. The summed E-state index contributed by atoms with van der Waals surface area (Å²) in [6.45, 7) is 8.51. The number of fused-ring (bicyclic) bond motifs is 12. The summed E-state index contributed by atoms with van der Waals surface area (Å²) in [5.74, 6) is 0.468. The summed E-state index contributed by atoms with van der Waals surface area (Å²) in [6, 6.07) is 58.4. The first kappa shape index (κ1) is 34.9. The van der Waals surface area contributed by atoms with Gasteiger partial charge in [-0.1, -0.05) is 197 Å². The fourth-order valence-corrected chi connectivity index (χ4v) is 12.4. The monoisotopic (exact) mass is 984 g/mol. The van der Waals surface area contributed by atoms with E-state index < -0.39 is 36.3 Å². The van der Waals surface area contributed by atoms with E-state index in [-0.39, 0.29) is 47.4 Å². The van der Waals surface area contributed by atoms with Gasteiger partial charge >= 0.3 is 0 Å². The molecule has 4 heterocycles. The summed E-state index contributed by atoms with van der Waals surface area (Å²) < 4.78 is 95.5. The van der Waals surface area contributed by atoms with Gasteiger partial charge in [0.15, 0.2) is 0 Å². The van der Waals surface area contributed by atoms with E-state index >= 15 is 0 Å². The second kappa shape index (κ2) is 17.1. The van der Waals surface area contributed by atoms with E-state index in [4.69, 9.17) is 8.22 Å². The molecule has 0 saturated heterocycles. The zero-order chi connectivity index (χ0) is 59.5. The Kier molecular flexibility index (Phi) is 7.86. The fourth-order valence-electron chi connectivity index (χ4n) is 12.4. The number of rotatable bonds is 10. The lowest BCUT2D eigenvalue weighted by atomic mass is 9.89. The smallest absolute Gasteiger partial charge is 0.0645 e. The normalized spacial score (nSPS) is 14.0. The van der Waals surface area contributed by atoms with Crippen molar-refractivity contribution in [3.63, 3.8) is 0 Å². The van der Waals surface area contributed by atoms with Crippen molar-refractivity contribution in [1.29, 1.82) is 0 Å². The molecule has 76 heavy (non-hydrogen) atoms. The molecule has 0 bridgehead atoms. The third kappa shape index (κ3) is 6.37. The highest BCUT2D eigenvalue weighted by Gasteiger charge is 2.32. The molecule has 0 atom stereocenters. The number of aromatic nitrogens is 2. The molecule has 15 aromatic rings. The molecule has 4 nitrogen and oxygen atoms in total. The van der Waals surface area contributed by atoms with Crippen LogP contribution in [0.1, 0.15) is 64.4 Å². The Balaban J connectivity index is 1.12. The van der Waals surface area contributed by atoms with E-state index in [9.17, 15) is 5.48 Å². The summed E-state index contributed by atoms with van der Waals surface area (Å²) in [5.41, 5.74) is 14.6. The van der Waals surface area contributed by atoms with Gasteiger partial charge in [0.25, 0.3) is 0 Å². The van der Waals surface area contributed by atoms with E-state index in [1.54, 1.807) is 0 Å². The van der Waals surface area contributed by atoms with Crippen LogP contribution in [0, 0.1) is 0 Å². The molecule has 0 N–H and O–H groups in total. The average Bonchev–Trinajstić information content (AvgIpc) is 1.52. The topological polar surface area (TPSA) is 15.3 Å². The quantitative estimate of drug-likeness (QED) is 0.136. The van der Waals surface area contributed by atoms with Gasteiger partial charge in [-0.15, -0.1) is 0 Å². The largest absolute Gasteiger partial charge is 0.310 e. The van der Waals surface area contributed by atoms with Crippen LogP contribution in [-0.4, -0.2) is 8.80 Å². The van der Waals surface area contributed by atoms with E-state index in [2.05, 4.69) is 134 Å². The summed E-state index contributed by atoms with van der Waals surface area (Å²) in [5, 5.41) is 7.59. The molecule has 0 aliphatic rings. The molecule has 0 aliphatic carbocycles. The standard InChI is InChI=1S/C72H54N4/c1-45(2)47-37-41-53(42-38-47)73(51-25-13-7-14-26-51)59-33-19-35-61-65(59)55-29-17-31-57-67-64(50-23-11-6-12-24-50)72-68(63(49-21-9-5-10-22-49)71(67)75(61)69(55)57)58-32-18-30-56-66-60(34-20-36-62(66)76(72)70(56)58)74(52-27-15-8-16-28-52)54-43-39-48(40-44-54)46(3)4/h5-46H,1-4H3/i7D,8D,13D,14D,15D,16D,25D,26D,27D,28D. The van der Waals surface area contributed by atoms with Gasteiger partial charge in [-0.2, -0.15) is 0 Å². The summed E-state index contributed by atoms with van der Waals surface area (Å²) in [4.78, 5) is 3.68. The molecule has 0 unspecified atom stereocenters. The number of benzene rings is 11. The number of anilines is 6. The van der Waals surface area contributed by atoms with Gasteiger partial charge in [-0.05, 0) is 107 Å². The van der Waals surface area contributed by atoms with E-state index in [0.29, 0.717) is 22.7 Å². The Bertz CT molecular complexity index is 4900. The molecule has 0 spiro atoms. The molecule has 0 fully saturated rings. The Morgan fingerprint density at radius 2 is 0.684 bits per heavy atom. The summed E-state index contributed by atoms with van der Waals surface area (Å²) >= 11 is 0. The van der Waals surface area contributed by atoms with E-state index in [1.807, 2.05) is 94.7 Å². The maximum atomic E-state index is 9.44. The first-order valence-corrected chi connectivity index (χ1v) is 26.0. The van der Waals surface area contributed by atoms with Crippen LogP contribution in [0.4, 0.5) is 34.1 Å². The van der Waals surface area contributed by atoms with Gasteiger partial charge in [0.05, 0.1) is 58.2 Å². The zero-order valence-corrected chi connectivity index (χ0v) is 42.3. The highest BCUT2D eigenvalue weighted by Crippen LogP contribution is 2.56. The SMILES string of the molecule is [2H]c1c([2H])c([2H])c(N(c2ccc(C(C)C)cc2)c2cccc3c2c2cccc4c5c(-c6ccccc6)c6c(c(-c7ccccc7)c5n3c24)c2cccc3c4c(N(c5ccc(C(C)C)cc5)c5c([2H])c([2H])c([2H])c([2H])c5[2H])cccc4n6c32)c([2H])c1[2H]. The van der Waals surface area contributed by atoms with Crippen LogP contribution in [0.3, 0.4) is 0 Å². The van der Waals surface area contributed by atoms with Crippen molar-refractivity contribution in [3.05, 3.63) is 254 Å². The van der Waals surface area contributed by atoms with Gasteiger partial charge in [0.1, 0.15) is 0 Å². The lowest BCUT2D eigenvalue weighted by Crippen LogP contribution is -2.10. The Morgan fingerprint density at radius 1 is 0.329 bits per heavy atom. The molecule has 362 valence electrons. The minimum Gasteiger partial charge on any atom is -0.310 e. The third-order valence-electron chi connectivity index (χ3n) is 15.7. The predicted molar refractivity (Wildman–Crippen MR) is 324 cm³/mol. The lowest BCUT2D eigenvalue weighted by molar-refractivity contribution is 0.866. The third-order valence-corrected chi connectivity index (χ3v) is 15.7. The van der Waals surface area contributed by atoms with Crippen molar-refractivity contribution in [2.45, 2.75) is 39.5 Å². The van der Waals surface area contributed by atoms with Crippen molar-refractivity contribution in [3.8, 4) is 22.3 Å². The van der Waals surface area contributed by atoms with Crippen LogP contribution in [0.2, 0.25) is 0 Å².